The lowest BCUT2D eigenvalue weighted by molar-refractivity contribution is 0.268. The fourth-order valence-corrected chi connectivity index (χ4v) is 2.57. The third kappa shape index (κ3) is 1.73. The summed E-state index contributed by atoms with van der Waals surface area (Å²) in [6.07, 6.45) is 1.87. The zero-order valence-electron chi connectivity index (χ0n) is 10.3. The molecule has 1 aliphatic rings. The second kappa shape index (κ2) is 4.13. The Hall–Kier alpha value is -1.39. The molecule has 1 unspecified atom stereocenters. The Morgan fingerprint density at radius 2 is 2.29 bits per heavy atom. The molecule has 1 aromatic carbocycles. The molecule has 90 valence electrons. The predicted octanol–water partition coefficient (Wildman–Crippen LogP) is 1.05. The van der Waals surface area contributed by atoms with Crippen LogP contribution < -0.4 is 10.6 Å². The predicted molar refractivity (Wildman–Crippen MR) is 68.9 cm³/mol. The van der Waals surface area contributed by atoms with Crippen LogP contribution in [0, 0.1) is 5.92 Å². The standard InChI is InChI=1S/C13H18N4/c1-14-13(10-6-15-7-10)9-3-4-12-11(5-9)16-8-17(12)2/h3-5,8,10,13-15H,6-7H2,1-2H3. The number of hydrogen-bond donors (Lipinski definition) is 2. The Kier molecular flexibility index (Phi) is 2.61. The van der Waals surface area contributed by atoms with Gasteiger partial charge in [0.25, 0.3) is 0 Å². The van der Waals surface area contributed by atoms with Gasteiger partial charge in [-0.2, -0.15) is 0 Å². The summed E-state index contributed by atoms with van der Waals surface area (Å²) in [7, 11) is 4.06. The van der Waals surface area contributed by atoms with E-state index in [0.29, 0.717) is 12.0 Å². The van der Waals surface area contributed by atoms with Gasteiger partial charge in [0.1, 0.15) is 0 Å². The molecule has 2 aromatic rings. The molecule has 4 nitrogen and oxygen atoms in total. The van der Waals surface area contributed by atoms with E-state index in [9.17, 15) is 0 Å². The molecule has 1 saturated heterocycles. The van der Waals surface area contributed by atoms with Crippen LogP contribution in [0.2, 0.25) is 0 Å². The quantitative estimate of drug-likeness (QED) is 0.828. The van der Waals surface area contributed by atoms with Crippen molar-refractivity contribution in [3.63, 3.8) is 0 Å². The summed E-state index contributed by atoms with van der Waals surface area (Å²) in [6.45, 7) is 2.21. The van der Waals surface area contributed by atoms with Gasteiger partial charge in [-0.1, -0.05) is 6.07 Å². The molecule has 0 radical (unpaired) electrons. The van der Waals surface area contributed by atoms with Gasteiger partial charge >= 0.3 is 0 Å². The third-order valence-corrected chi connectivity index (χ3v) is 3.70. The highest BCUT2D eigenvalue weighted by atomic mass is 15.0. The third-order valence-electron chi connectivity index (χ3n) is 3.70. The average molecular weight is 230 g/mol. The second-order valence-electron chi connectivity index (χ2n) is 4.79. The summed E-state index contributed by atoms with van der Waals surface area (Å²) in [5, 5.41) is 6.74. The number of benzene rings is 1. The van der Waals surface area contributed by atoms with Crippen molar-refractivity contribution >= 4 is 11.0 Å². The number of rotatable bonds is 3. The van der Waals surface area contributed by atoms with Crippen LogP contribution in [0.3, 0.4) is 0 Å². The number of hydrogen-bond acceptors (Lipinski definition) is 3. The van der Waals surface area contributed by atoms with Crippen LogP contribution in [0.4, 0.5) is 0 Å². The number of imidazole rings is 1. The lowest BCUT2D eigenvalue weighted by atomic mass is 9.88. The van der Waals surface area contributed by atoms with Crippen molar-refractivity contribution in [1.29, 1.82) is 0 Å². The summed E-state index contributed by atoms with van der Waals surface area (Å²) in [4.78, 5) is 4.42. The molecule has 17 heavy (non-hydrogen) atoms. The number of aryl methyl sites for hydroxylation is 1. The molecule has 1 atom stereocenters. The molecule has 0 bridgehead atoms. The summed E-state index contributed by atoms with van der Waals surface area (Å²) in [5.41, 5.74) is 3.61. The average Bonchev–Trinajstić information content (AvgIpc) is 2.65. The zero-order valence-corrected chi connectivity index (χ0v) is 10.3. The van der Waals surface area contributed by atoms with Gasteiger partial charge < -0.3 is 15.2 Å². The largest absolute Gasteiger partial charge is 0.334 e. The maximum atomic E-state index is 4.42. The van der Waals surface area contributed by atoms with E-state index in [1.54, 1.807) is 0 Å². The number of nitrogens with one attached hydrogen (secondary N) is 2. The van der Waals surface area contributed by atoms with E-state index in [4.69, 9.17) is 0 Å². The smallest absolute Gasteiger partial charge is 0.0955 e. The van der Waals surface area contributed by atoms with E-state index in [-0.39, 0.29) is 0 Å². The van der Waals surface area contributed by atoms with E-state index in [1.165, 1.54) is 11.1 Å². The minimum atomic E-state index is 0.433. The fourth-order valence-electron chi connectivity index (χ4n) is 2.57. The Morgan fingerprint density at radius 1 is 1.47 bits per heavy atom. The molecular formula is C13H18N4. The van der Waals surface area contributed by atoms with Gasteiger partial charge in [-0.15, -0.1) is 0 Å². The number of nitrogens with zero attached hydrogens (tertiary/aromatic N) is 2. The van der Waals surface area contributed by atoms with Gasteiger partial charge in [-0.05, 0) is 24.7 Å². The molecule has 1 aromatic heterocycles. The SMILES string of the molecule is CNC(c1ccc2c(c1)ncn2C)C1CNC1. The van der Waals surface area contributed by atoms with Crippen molar-refractivity contribution in [2.75, 3.05) is 20.1 Å². The first-order valence-electron chi connectivity index (χ1n) is 6.08. The lowest BCUT2D eigenvalue weighted by Gasteiger charge is -2.34. The summed E-state index contributed by atoms with van der Waals surface area (Å²) in [5.74, 6) is 0.696. The Morgan fingerprint density at radius 3 is 2.94 bits per heavy atom. The molecule has 1 fully saturated rings. The zero-order chi connectivity index (χ0) is 11.8. The van der Waals surface area contributed by atoms with E-state index >= 15 is 0 Å². The summed E-state index contributed by atoms with van der Waals surface area (Å²) < 4.78 is 2.05. The van der Waals surface area contributed by atoms with E-state index in [2.05, 4.69) is 38.4 Å². The number of aromatic nitrogens is 2. The molecule has 2 N–H and O–H groups in total. The van der Waals surface area contributed by atoms with Gasteiger partial charge in [0.2, 0.25) is 0 Å². The first-order chi connectivity index (χ1) is 8.29. The van der Waals surface area contributed by atoms with Crippen LogP contribution in [0.25, 0.3) is 11.0 Å². The molecule has 3 rings (SSSR count). The highest BCUT2D eigenvalue weighted by molar-refractivity contribution is 5.76. The van der Waals surface area contributed by atoms with Crippen molar-refractivity contribution < 1.29 is 0 Å². The van der Waals surface area contributed by atoms with E-state index in [0.717, 1.165) is 18.6 Å². The maximum Gasteiger partial charge on any atom is 0.0955 e. The van der Waals surface area contributed by atoms with Crippen molar-refractivity contribution in [3.05, 3.63) is 30.1 Å². The highest BCUT2D eigenvalue weighted by Crippen LogP contribution is 2.26. The van der Waals surface area contributed by atoms with Crippen molar-refractivity contribution in [2.24, 2.45) is 13.0 Å². The van der Waals surface area contributed by atoms with Crippen LogP contribution in [0.1, 0.15) is 11.6 Å². The van der Waals surface area contributed by atoms with Gasteiger partial charge in [0, 0.05) is 32.1 Å². The minimum Gasteiger partial charge on any atom is -0.334 e. The molecule has 1 aliphatic heterocycles. The van der Waals surface area contributed by atoms with Crippen LogP contribution >= 0.6 is 0 Å². The topological polar surface area (TPSA) is 41.9 Å². The van der Waals surface area contributed by atoms with E-state index < -0.39 is 0 Å². The highest BCUT2D eigenvalue weighted by Gasteiger charge is 2.27. The van der Waals surface area contributed by atoms with E-state index in [1.807, 2.05) is 20.4 Å². The van der Waals surface area contributed by atoms with Crippen molar-refractivity contribution in [2.45, 2.75) is 6.04 Å². The molecule has 0 aliphatic carbocycles. The van der Waals surface area contributed by atoms with Gasteiger partial charge in [0.05, 0.1) is 17.4 Å². The van der Waals surface area contributed by atoms with Crippen LogP contribution in [0.5, 0.6) is 0 Å². The molecule has 4 heteroatoms. The number of fused-ring (bicyclic) bond motifs is 1. The fraction of sp³-hybridized carbons (Fsp3) is 0.462. The normalized spacial score (nSPS) is 18.2. The Balaban J connectivity index is 1.98. The van der Waals surface area contributed by atoms with Crippen LogP contribution in [-0.4, -0.2) is 29.7 Å². The first kappa shape index (κ1) is 10.7. The monoisotopic (exact) mass is 230 g/mol. The summed E-state index contributed by atoms with van der Waals surface area (Å²) >= 11 is 0. The molecular weight excluding hydrogens is 212 g/mol. The second-order valence-corrected chi connectivity index (χ2v) is 4.79. The van der Waals surface area contributed by atoms with Crippen molar-refractivity contribution in [1.82, 2.24) is 20.2 Å². The maximum absolute atomic E-state index is 4.42. The van der Waals surface area contributed by atoms with Crippen molar-refractivity contribution in [3.8, 4) is 0 Å². The van der Waals surface area contributed by atoms with Gasteiger partial charge in [-0.25, -0.2) is 4.98 Å². The van der Waals surface area contributed by atoms with Crippen LogP contribution in [0.15, 0.2) is 24.5 Å². The van der Waals surface area contributed by atoms with Crippen LogP contribution in [-0.2, 0) is 7.05 Å². The Labute approximate surface area is 101 Å². The summed E-state index contributed by atoms with van der Waals surface area (Å²) in [6, 6.07) is 7.01. The lowest BCUT2D eigenvalue weighted by Crippen LogP contribution is -2.48. The molecule has 0 spiro atoms. The van der Waals surface area contributed by atoms with Gasteiger partial charge in [0.15, 0.2) is 0 Å². The molecule has 0 amide bonds. The van der Waals surface area contributed by atoms with Gasteiger partial charge in [-0.3, -0.25) is 0 Å². The Bertz CT molecular complexity index is 527. The minimum absolute atomic E-state index is 0.433. The molecule has 0 saturated carbocycles. The first-order valence-corrected chi connectivity index (χ1v) is 6.08. The molecule has 2 heterocycles.